The van der Waals surface area contributed by atoms with Crippen LogP contribution in [0.5, 0.6) is 11.5 Å². The number of methoxy groups -OCH3 is 3. The van der Waals surface area contributed by atoms with Crippen LogP contribution in [-0.2, 0) is 20.7 Å². The predicted octanol–water partition coefficient (Wildman–Crippen LogP) is 2.42. The van der Waals surface area contributed by atoms with E-state index in [0.717, 1.165) is 11.1 Å². The van der Waals surface area contributed by atoms with Gasteiger partial charge in [-0.05, 0) is 43.0 Å². The highest BCUT2D eigenvalue weighted by Crippen LogP contribution is 2.39. The van der Waals surface area contributed by atoms with E-state index in [1.807, 2.05) is 13.0 Å². The molecule has 7 heteroatoms. The van der Waals surface area contributed by atoms with E-state index in [4.69, 9.17) is 14.2 Å². The Hall–Kier alpha value is -2.28. The SMILES string of the molecule is COc1cc2c(cc1OC)C(CC(=O)O)N(C(=O)CCC(C)OC)CC2. The molecular formula is C19H27NO6. The number of carboxylic acid groups (broad SMARTS) is 1. The zero-order valence-electron chi connectivity index (χ0n) is 15.8. The highest BCUT2D eigenvalue weighted by molar-refractivity contribution is 5.78. The third-order valence-corrected chi connectivity index (χ3v) is 4.86. The zero-order chi connectivity index (χ0) is 19.3. The Morgan fingerprint density at radius 2 is 1.88 bits per heavy atom. The summed E-state index contributed by atoms with van der Waals surface area (Å²) in [6.45, 7) is 2.39. The number of carbonyl (C=O) groups is 2. The first kappa shape index (κ1) is 20.0. The molecule has 0 fully saturated rings. The van der Waals surface area contributed by atoms with Crippen molar-refractivity contribution in [1.82, 2.24) is 4.90 Å². The third kappa shape index (κ3) is 4.46. The number of aliphatic carboxylic acids is 1. The molecule has 1 heterocycles. The summed E-state index contributed by atoms with van der Waals surface area (Å²) in [6, 6.07) is 3.15. The van der Waals surface area contributed by atoms with E-state index in [1.54, 1.807) is 25.2 Å². The van der Waals surface area contributed by atoms with Crippen LogP contribution in [0.3, 0.4) is 0 Å². The molecule has 7 nitrogen and oxygen atoms in total. The van der Waals surface area contributed by atoms with E-state index in [9.17, 15) is 14.7 Å². The number of hydrogen-bond donors (Lipinski definition) is 1. The van der Waals surface area contributed by atoms with E-state index >= 15 is 0 Å². The first-order valence-electron chi connectivity index (χ1n) is 8.70. The molecule has 0 aliphatic carbocycles. The lowest BCUT2D eigenvalue weighted by molar-refractivity contribution is -0.141. The fourth-order valence-corrected chi connectivity index (χ4v) is 3.30. The minimum Gasteiger partial charge on any atom is -0.493 e. The van der Waals surface area contributed by atoms with Gasteiger partial charge in [-0.3, -0.25) is 9.59 Å². The van der Waals surface area contributed by atoms with Crippen molar-refractivity contribution in [3.63, 3.8) is 0 Å². The number of hydrogen-bond acceptors (Lipinski definition) is 5. The first-order valence-corrected chi connectivity index (χ1v) is 8.70. The number of nitrogens with zero attached hydrogens (tertiary/aromatic N) is 1. The maximum atomic E-state index is 12.7. The van der Waals surface area contributed by atoms with Crippen molar-refractivity contribution in [3.05, 3.63) is 23.3 Å². The van der Waals surface area contributed by atoms with Crippen molar-refractivity contribution in [2.75, 3.05) is 27.9 Å². The normalized spacial score (nSPS) is 17.4. The molecule has 0 spiro atoms. The molecule has 1 amide bonds. The lowest BCUT2D eigenvalue weighted by atomic mass is 9.89. The van der Waals surface area contributed by atoms with Gasteiger partial charge in [-0.25, -0.2) is 0 Å². The Kier molecular flexibility index (Phi) is 6.85. The maximum Gasteiger partial charge on any atom is 0.305 e. The lowest BCUT2D eigenvalue weighted by Crippen LogP contribution is -2.41. The summed E-state index contributed by atoms with van der Waals surface area (Å²) in [5, 5.41) is 9.36. The second-order valence-electron chi connectivity index (χ2n) is 6.44. The van der Waals surface area contributed by atoms with Gasteiger partial charge < -0.3 is 24.2 Å². The van der Waals surface area contributed by atoms with Gasteiger partial charge in [-0.2, -0.15) is 0 Å². The van der Waals surface area contributed by atoms with E-state index in [1.165, 1.54) is 7.11 Å². The van der Waals surface area contributed by atoms with E-state index in [2.05, 4.69) is 0 Å². The fraction of sp³-hybridized carbons (Fsp3) is 0.579. The summed E-state index contributed by atoms with van der Waals surface area (Å²) < 4.78 is 15.9. The molecule has 1 N–H and O–H groups in total. The highest BCUT2D eigenvalue weighted by atomic mass is 16.5. The predicted molar refractivity (Wildman–Crippen MR) is 95.7 cm³/mol. The van der Waals surface area contributed by atoms with Gasteiger partial charge in [0.15, 0.2) is 11.5 Å². The average Bonchev–Trinajstić information content (AvgIpc) is 2.64. The van der Waals surface area contributed by atoms with Crippen LogP contribution in [0, 0.1) is 0 Å². The summed E-state index contributed by atoms with van der Waals surface area (Å²) >= 11 is 0. The number of ether oxygens (including phenoxy) is 3. The van der Waals surface area contributed by atoms with Crippen molar-refractivity contribution in [3.8, 4) is 11.5 Å². The number of rotatable bonds is 8. The molecule has 2 unspecified atom stereocenters. The summed E-state index contributed by atoms with van der Waals surface area (Å²) in [5.41, 5.74) is 1.80. The Balaban J connectivity index is 2.32. The maximum absolute atomic E-state index is 12.7. The van der Waals surface area contributed by atoms with Gasteiger partial charge in [0.25, 0.3) is 0 Å². The Labute approximate surface area is 153 Å². The van der Waals surface area contributed by atoms with Crippen molar-refractivity contribution in [2.45, 2.75) is 44.8 Å². The van der Waals surface area contributed by atoms with Gasteiger partial charge in [-0.1, -0.05) is 0 Å². The molecule has 1 aliphatic rings. The van der Waals surface area contributed by atoms with Gasteiger partial charge in [0.2, 0.25) is 5.91 Å². The van der Waals surface area contributed by atoms with Crippen LogP contribution >= 0.6 is 0 Å². The van der Waals surface area contributed by atoms with Crippen LogP contribution in [0.15, 0.2) is 12.1 Å². The second kappa shape index (κ2) is 8.89. The molecule has 0 radical (unpaired) electrons. The minimum atomic E-state index is -0.944. The molecule has 0 saturated heterocycles. The summed E-state index contributed by atoms with van der Waals surface area (Å²) in [4.78, 5) is 25.8. The second-order valence-corrected chi connectivity index (χ2v) is 6.44. The lowest BCUT2D eigenvalue weighted by Gasteiger charge is -2.37. The Morgan fingerprint density at radius 1 is 1.23 bits per heavy atom. The van der Waals surface area contributed by atoms with Gasteiger partial charge in [0.1, 0.15) is 0 Å². The molecule has 1 aromatic rings. The van der Waals surface area contributed by atoms with Crippen LogP contribution < -0.4 is 9.47 Å². The fourth-order valence-electron chi connectivity index (χ4n) is 3.30. The molecule has 26 heavy (non-hydrogen) atoms. The van der Waals surface area contributed by atoms with Crippen LogP contribution in [-0.4, -0.2) is 55.9 Å². The quantitative estimate of drug-likeness (QED) is 0.761. The van der Waals surface area contributed by atoms with Crippen LogP contribution in [0.25, 0.3) is 0 Å². The Morgan fingerprint density at radius 3 is 2.46 bits per heavy atom. The third-order valence-electron chi connectivity index (χ3n) is 4.86. The Bertz CT molecular complexity index is 660. The van der Waals surface area contributed by atoms with Gasteiger partial charge in [-0.15, -0.1) is 0 Å². The largest absolute Gasteiger partial charge is 0.493 e. The van der Waals surface area contributed by atoms with E-state index in [0.29, 0.717) is 37.3 Å². The van der Waals surface area contributed by atoms with Crippen LogP contribution in [0.2, 0.25) is 0 Å². The molecule has 0 saturated carbocycles. The van der Waals surface area contributed by atoms with Crippen molar-refractivity contribution < 1.29 is 28.9 Å². The molecule has 1 aliphatic heterocycles. The summed E-state index contributed by atoms with van der Waals surface area (Å²) in [7, 11) is 4.71. The van der Waals surface area contributed by atoms with Crippen molar-refractivity contribution in [1.29, 1.82) is 0 Å². The molecule has 2 rings (SSSR count). The van der Waals surface area contributed by atoms with Crippen molar-refractivity contribution >= 4 is 11.9 Å². The molecule has 144 valence electrons. The summed E-state index contributed by atoms with van der Waals surface area (Å²) in [6.07, 6.45) is 1.42. The summed E-state index contributed by atoms with van der Waals surface area (Å²) in [5.74, 6) is 0.138. The zero-order valence-corrected chi connectivity index (χ0v) is 15.8. The smallest absolute Gasteiger partial charge is 0.305 e. The topological polar surface area (TPSA) is 85.3 Å². The van der Waals surface area contributed by atoms with Gasteiger partial charge in [0.05, 0.1) is 32.8 Å². The molecule has 2 atom stereocenters. The van der Waals surface area contributed by atoms with E-state index < -0.39 is 12.0 Å². The number of carbonyl (C=O) groups excluding carboxylic acids is 1. The van der Waals surface area contributed by atoms with Crippen molar-refractivity contribution in [2.24, 2.45) is 0 Å². The van der Waals surface area contributed by atoms with E-state index in [-0.39, 0.29) is 18.4 Å². The number of carboxylic acids is 1. The monoisotopic (exact) mass is 365 g/mol. The minimum absolute atomic E-state index is 0.0155. The number of amides is 1. The number of benzene rings is 1. The van der Waals surface area contributed by atoms with Gasteiger partial charge >= 0.3 is 5.97 Å². The molecule has 0 bridgehead atoms. The highest BCUT2D eigenvalue weighted by Gasteiger charge is 2.33. The molecular weight excluding hydrogens is 338 g/mol. The number of fused-ring (bicyclic) bond motifs is 1. The standard InChI is InChI=1S/C19H27NO6/c1-12(24-2)5-6-18(21)20-8-7-13-9-16(25-3)17(26-4)10-14(13)15(20)11-19(22)23/h9-10,12,15H,5-8,11H2,1-4H3,(H,22,23). The first-order chi connectivity index (χ1) is 12.4. The van der Waals surface area contributed by atoms with Gasteiger partial charge in [0, 0.05) is 20.1 Å². The molecule has 0 aromatic heterocycles. The van der Waals surface area contributed by atoms with Crippen LogP contribution in [0.4, 0.5) is 0 Å². The average molecular weight is 365 g/mol. The molecule has 1 aromatic carbocycles. The van der Waals surface area contributed by atoms with Crippen LogP contribution in [0.1, 0.15) is 43.4 Å².